The first-order valence-electron chi connectivity index (χ1n) is 4.41. The van der Waals surface area contributed by atoms with Gasteiger partial charge in [0.05, 0.1) is 6.07 Å². The van der Waals surface area contributed by atoms with E-state index >= 15 is 0 Å². The van der Waals surface area contributed by atoms with Gasteiger partial charge in [0.2, 0.25) is 0 Å². The van der Waals surface area contributed by atoms with Crippen molar-refractivity contribution in [2.24, 2.45) is 11.5 Å². The van der Waals surface area contributed by atoms with E-state index in [1.807, 2.05) is 6.07 Å². The van der Waals surface area contributed by atoms with Gasteiger partial charge in [0.25, 0.3) is 0 Å². The third kappa shape index (κ3) is 2.03. The lowest BCUT2D eigenvalue weighted by Crippen LogP contribution is -2.23. The van der Waals surface area contributed by atoms with Crippen LogP contribution in [0.2, 0.25) is 0 Å². The summed E-state index contributed by atoms with van der Waals surface area (Å²) in [6.07, 6.45) is 0.141. The van der Waals surface area contributed by atoms with Gasteiger partial charge >= 0.3 is 6.09 Å². The summed E-state index contributed by atoms with van der Waals surface area (Å²) < 4.78 is 4.79. The van der Waals surface area contributed by atoms with E-state index in [0.29, 0.717) is 12.0 Å². The van der Waals surface area contributed by atoms with Crippen LogP contribution in [0.15, 0.2) is 11.1 Å². The summed E-state index contributed by atoms with van der Waals surface area (Å²) >= 11 is 0. The highest BCUT2D eigenvalue weighted by atomic mass is 16.6. The van der Waals surface area contributed by atoms with Gasteiger partial charge in [0.1, 0.15) is 6.10 Å². The molecule has 76 valence electrons. The van der Waals surface area contributed by atoms with Crippen molar-refractivity contribution in [3.8, 4) is 6.07 Å². The molecule has 0 bridgehead atoms. The predicted octanol–water partition coefficient (Wildman–Crippen LogP) is 0.411. The largest absolute Gasteiger partial charge is 0.442 e. The summed E-state index contributed by atoms with van der Waals surface area (Å²) in [7, 11) is 0. The number of nitriles is 1. The Hall–Kier alpha value is -1.54. The Kier molecular flexibility index (Phi) is 3.10. The number of amides is 1. The molecule has 0 saturated heterocycles. The van der Waals surface area contributed by atoms with E-state index in [-0.39, 0.29) is 6.04 Å². The molecule has 1 rings (SSSR count). The molecule has 2 unspecified atom stereocenters. The van der Waals surface area contributed by atoms with Crippen molar-refractivity contribution >= 4 is 6.09 Å². The number of primary amides is 1. The molecular formula is C9H13N3O2. The first-order valence-corrected chi connectivity index (χ1v) is 4.41. The smallest absolute Gasteiger partial charge is 0.405 e. The van der Waals surface area contributed by atoms with E-state index in [2.05, 4.69) is 0 Å². The molecule has 2 atom stereocenters. The number of carbonyl (C=O) groups excluding carboxylic acids is 1. The molecule has 5 heteroatoms. The molecule has 5 nitrogen and oxygen atoms in total. The maximum Gasteiger partial charge on any atom is 0.405 e. The summed E-state index contributed by atoms with van der Waals surface area (Å²) in [6, 6.07) is 1.81. The average Bonchev–Trinajstić information content (AvgIpc) is 2.45. The van der Waals surface area contributed by atoms with Gasteiger partial charge in [-0.05, 0) is 25.3 Å². The van der Waals surface area contributed by atoms with Crippen LogP contribution < -0.4 is 11.5 Å². The van der Waals surface area contributed by atoms with E-state index in [1.54, 1.807) is 6.92 Å². The molecule has 0 aromatic heterocycles. The third-order valence-electron chi connectivity index (χ3n) is 2.35. The number of rotatable bonds is 2. The average molecular weight is 195 g/mol. The molecule has 0 fully saturated rings. The fraction of sp³-hybridized carbons (Fsp3) is 0.556. The van der Waals surface area contributed by atoms with Gasteiger partial charge in [-0.25, -0.2) is 4.79 Å². The Labute approximate surface area is 82.3 Å². The van der Waals surface area contributed by atoms with Crippen LogP contribution in [0, 0.1) is 11.3 Å². The zero-order valence-electron chi connectivity index (χ0n) is 7.99. The van der Waals surface area contributed by atoms with Gasteiger partial charge < -0.3 is 16.2 Å². The van der Waals surface area contributed by atoms with Crippen LogP contribution in [0.4, 0.5) is 4.79 Å². The van der Waals surface area contributed by atoms with Crippen LogP contribution in [-0.4, -0.2) is 18.2 Å². The van der Waals surface area contributed by atoms with Gasteiger partial charge in [-0.2, -0.15) is 5.26 Å². The van der Waals surface area contributed by atoms with E-state index in [4.69, 9.17) is 21.5 Å². The highest BCUT2D eigenvalue weighted by molar-refractivity contribution is 5.65. The van der Waals surface area contributed by atoms with Crippen LogP contribution in [0.5, 0.6) is 0 Å². The molecule has 14 heavy (non-hydrogen) atoms. The molecular weight excluding hydrogens is 182 g/mol. The van der Waals surface area contributed by atoms with Crippen molar-refractivity contribution < 1.29 is 9.53 Å². The van der Waals surface area contributed by atoms with Crippen LogP contribution in [0.1, 0.15) is 19.8 Å². The zero-order valence-corrected chi connectivity index (χ0v) is 7.99. The summed E-state index contributed by atoms with van der Waals surface area (Å²) in [4.78, 5) is 10.5. The van der Waals surface area contributed by atoms with Crippen molar-refractivity contribution in [3.05, 3.63) is 11.1 Å². The van der Waals surface area contributed by atoms with E-state index in [0.717, 1.165) is 12.0 Å². The molecule has 0 heterocycles. The van der Waals surface area contributed by atoms with Gasteiger partial charge in [-0.15, -0.1) is 0 Å². The molecule has 0 saturated carbocycles. The van der Waals surface area contributed by atoms with Gasteiger partial charge in [-0.1, -0.05) is 0 Å². The maximum absolute atomic E-state index is 10.5. The van der Waals surface area contributed by atoms with Crippen LogP contribution in [-0.2, 0) is 4.74 Å². The van der Waals surface area contributed by atoms with E-state index < -0.39 is 12.2 Å². The molecule has 0 spiro atoms. The third-order valence-corrected chi connectivity index (χ3v) is 2.35. The number of nitrogens with two attached hydrogens (primary N) is 2. The zero-order chi connectivity index (χ0) is 10.7. The summed E-state index contributed by atoms with van der Waals surface area (Å²) in [5, 5.41) is 8.83. The second kappa shape index (κ2) is 4.11. The minimum absolute atomic E-state index is 0.228. The number of hydrogen-bond donors (Lipinski definition) is 2. The minimum atomic E-state index is -0.831. The van der Waals surface area contributed by atoms with Crippen molar-refractivity contribution in [1.82, 2.24) is 0 Å². The number of ether oxygens (including phenoxy) is 1. The Morgan fingerprint density at radius 3 is 2.93 bits per heavy atom. The predicted molar refractivity (Wildman–Crippen MR) is 50.0 cm³/mol. The molecule has 1 aliphatic carbocycles. The van der Waals surface area contributed by atoms with Crippen molar-refractivity contribution in [3.63, 3.8) is 0 Å². The number of nitrogens with zero attached hydrogens (tertiary/aromatic N) is 1. The Balaban J connectivity index is 2.81. The van der Waals surface area contributed by atoms with Crippen LogP contribution in [0.3, 0.4) is 0 Å². The first-order chi connectivity index (χ1) is 6.56. The molecule has 4 N–H and O–H groups in total. The van der Waals surface area contributed by atoms with E-state index in [9.17, 15) is 4.79 Å². The summed E-state index contributed by atoms with van der Waals surface area (Å²) in [5.74, 6) is 0. The topological polar surface area (TPSA) is 102 Å². The molecule has 0 aliphatic heterocycles. The molecule has 0 radical (unpaired) electrons. The Morgan fingerprint density at radius 2 is 2.43 bits per heavy atom. The van der Waals surface area contributed by atoms with Gasteiger partial charge in [0, 0.05) is 11.6 Å². The lowest BCUT2D eigenvalue weighted by Gasteiger charge is -2.12. The second-order valence-corrected chi connectivity index (χ2v) is 3.28. The van der Waals surface area contributed by atoms with Crippen molar-refractivity contribution in [2.45, 2.75) is 31.9 Å². The number of carbonyl (C=O) groups is 1. The van der Waals surface area contributed by atoms with Crippen molar-refractivity contribution in [1.29, 1.82) is 5.26 Å². The quantitative estimate of drug-likeness (QED) is 0.666. The molecule has 0 aromatic rings. The molecule has 0 aromatic carbocycles. The SMILES string of the molecule is CC(OC(N)=O)C1=C(C#N)C(N)CC1. The highest BCUT2D eigenvalue weighted by Gasteiger charge is 2.27. The summed E-state index contributed by atoms with van der Waals surface area (Å²) in [6.45, 7) is 1.69. The van der Waals surface area contributed by atoms with Gasteiger partial charge in [0.15, 0.2) is 0 Å². The molecule has 1 aliphatic rings. The Morgan fingerprint density at radius 1 is 1.79 bits per heavy atom. The standard InChI is InChI=1S/C9H13N3O2/c1-5(14-9(12)13)6-2-3-8(11)7(6)4-10/h5,8H,2-3,11H2,1H3,(H2,12,13). The van der Waals surface area contributed by atoms with Gasteiger partial charge in [-0.3, -0.25) is 0 Å². The number of hydrogen-bond acceptors (Lipinski definition) is 4. The monoisotopic (exact) mass is 195 g/mol. The van der Waals surface area contributed by atoms with Crippen LogP contribution in [0.25, 0.3) is 0 Å². The fourth-order valence-electron chi connectivity index (χ4n) is 1.65. The normalized spacial score (nSPS) is 23.1. The summed E-state index contributed by atoms with van der Waals surface area (Å²) in [5.41, 5.74) is 11.9. The fourth-order valence-corrected chi connectivity index (χ4v) is 1.65. The van der Waals surface area contributed by atoms with Crippen molar-refractivity contribution in [2.75, 3.05) is 0 Å². The highest BCUT2D eigenvalue weighted by Crippen LogP contribution is 2.28. The Bertz CT molecular complexity index is 317. The molecule has 1 amide bonds. The minimum Gasteiger partial charge on any atom is -0.442 e. The second-order valence-electron chi connectivity index (χ2n) is 3.28. The lowest BCUT2D eigenvalue weighted by molar-refractivity contribution is 0.131. The lowest BCUT2D eigenvalue weighted by atomic mass is 10.1. The van der Waals surface area contributed by atoms with E-state index in [1.165, 1.54) is 0 Å². The first kappa shape index (κ1) is 10.5. The maximum atomic E-state index is 10.5. The van der Waals surface area contributed by atoms with Crippen LogP contribution >= 0.6 is 0 Å².